The van der Waals surface area contributed by atoms with Crippen LogP contribution in [0.3, 0.4) is 0 Å². The van der Waals surface area contributed by atoms with Gasteiger partial charge in [0.2, 0.25) is 5.95 Å². The van der Waals surface area contributed by atoms with Crippen molar-refractivity contribution in [1.82, 2.24) is 14.5 Å². The number of rotatable bonds is 5. The van der Waals surface area contributed by atoms with Gasteiger partial charge in [0.15, 0.2) is 0 Å². The van der Waals surface area contributed by atoms with E-state index in [-0.39, 0.29) is 6.04 Å². The number of aryl methyl sites for hydroxylation is 2. The molecule has 0 aliphatic carbocycles. The smallest absolute Gasteiger partial charge is 0.203 e. The molecule has 0 bridgehead atoms. The minimum Gasteiger partial charge on any atom is -0.347 e. The first-order valence-electron chi connectivity index (χ1n) is 5.96. The van der Waals surface area contributed by atoms with Crippen molar-refractivity contribution in [2.24, 2.45) is 0 Å². The molecule has 2 aromatic rings. The number of aromatic nitrogens is 3. The molecule has 0 saturated heterocycles. The van der Waals surface area contributed by atoms with Crippen LogP contribution in [0.15, 0.2) is 18.6 Å². The predicted molar refractivity (Wildman–Crippen MR) is 71.4 cm³/mol. The lowest BCUT2D eigenvalue weighted by Gasteiger charge is -2.12. The number of hydrogen-bond acceptors (Lipinski definition) is 4. The van der Waals surface area contributed by atoms with Crippen LogP contribution in [0.1, 0.15) is 36.7 Å². The summed E-state index contributed by atoms with van der Waals surface area (Å²) in [4.78, 5) is 10.1. The Bertz CT molecular complexity index is 474. The van der Waals surface area contributed by atoms with Gasteiger partial charge in [0.1, 0.15) is 5.01 Å². The maximum Gasteiger partial charge on any atom is 0.203 e. The first kappa shape index (κ1) is 12.1. The lowest BCUT2D eigenvalue weighted by molar-refractivity contribution is 0.742. The van der Waals surface area contributed by atoms with Crippen molar-refractivity contribution in [2.45, 2.75) is 39.8 Å². The van der Waals surface area contributed by atoms with Crippen LogP contribution in [0.4, 0.5) is 5.95 Å². The zero-order valence-corrected chi connectivity index (χ0v) is 11.3. The van der Waals surface area contributed by atoms with E-state index in [4.69, 9.17) is 0 Å². The third-order valence-corrected chi connectivity index (χ3v) is 4.02. The fourth-order valence-electron chi connectivity index (χ4n) is 1.65. The summed E-state index contributed by atoms with van der Waals surface area (Å²) >= 11 is 1.77. The SMILES string of the molecule is CCc1cnc(C(C)Nc2nccn2CC)s1. The highest BCUT2D eigenvalue weighted by atomic mass is 32.1. The van der Waals surface area contributed by atoms with Gasteiger partial charge in [-0.1, -0.05) is 6.92 Å². The fourth-order valence-corrected chi connectivity index (χ4v) is 2.51. The second kappa shape index (κ2) is 5.31. The standard InChI is InChI=1S/C12H18N4S/c1-4-10-8-14-11(17-10)9(3)15-12-13-6-7-16(12)5-2/h6-9H,4-5H2,1-3H3,(H,13,15). The highest BCUT2D eigenvalue weighted by molar-refractivity contribution is 7.11. The lowest BCUT2D eigenvalue weighted by Crippen LogP contribution is -2.10. The normalized spacial score (nSPS) is 12.6. The Morgan fingerprint density at radius 1 is 1.41 bits per heavy atom. The molecule has 92 valence electrons. The average molecular weight is 250 g/mol. The molecule has 0 radical (unpaired) electrons. The summed E-state index contributed by atoms with van der Waals surface area (Å²) < 4.78 is 2.09. The van der Waals surface area contributed by atoms with Crippen LogP contribution in [-0.4, -0.2) is 14.5 Å². The number of anilines is 1. The van der Waals surface area contributed by atoms with Crippen molar-refractivity contribution in [2.75, 3.05) is 5.32 Å². The third-order valence-electron chi connectivity index (χ3n) is 2.69. The third kappa shape index (κ3) is 2.66. The number of imidazole rings is 1. The van der Waals surface area contributed by atoms with E-state index >= 15 is 0 Å². The Labute approximate surface area is 106 Å². The molecule has 0 fully saturated rings. The quantitative estimate of drug-likeness (QED) is 0.886. The largest absolute Gasteiger partial charge is 0.347 e. The Morgan fingerprint density at radius 2 is 2.24 bits per heavy atom. The molecular weight excluding hydrogens is 232 g/mol. The first-order chi connectivity index (χ1) is 8.24. The number of thiazole rings is 1. The van der Waals surface area contributed by atoms with E-state index in [1.807, 2.05) is 18.6 Å². The van der Waals surface area contributed by atoms with Crippen molar-refractivity contribution in [3.05, 3.63) is 28.5 Å². The molecule has 0 aliphatic heterocycles. The topological polar surface area (TPSA) is 42.7 Å². The van der Waals surface area contributed by atoms with Crippen molar-refractivity contribution in [3.8, 4) is 0 Å². The minimum absolute atomic E-state index is 0.202. The van der Waals surface area contributed by atoms with Gasteiger partial charge in [-0.05, 0) is 20.3 Å². The Hall–Kier alpha value is -1.36. The van der Waals surface area contributed by atoms with E-state index in [1.165, 1.54) is 4.88 Å². The number of nitrogens with one attached hydrogen (secondary N) is 1. The Balaban J connectivity index is 2.08. The molecular formula is C12H18N4S. The van der Waals surface area contributed by atoms with Gasteiger partial charge in [0, 0.05) is 30.0 Å². The van der Waals surface area contributed by atoms with Crippen molar-refractivity contribution in [1.29, 1.82) is 0 Å². The van der Waals surface area contributed by atoms with Gasteiger partial charge in [-0.2, -0.15) is 0 Å². The molecule has 1 N–H and O–H groups in total. The molecule has 17 heavy (non-hydrogen) atoms. The van der Waals surface area contributed by atoms with E-state index in [0.717, 1.165) is 23.9 Å². The molecule has 0 aliphatic rings. The molecule has 0 amide bonds. The van der Waals surface area contributed by atoms with Crippen LogP contribution in [0, 0.1) is 0 Å². The molecule has 2 aromatic heterocycles. The minimum atomic E-state index is 0.202. The number of nitrogens with zero attached hydrogens (tertiary/aromatic N) is 3. The number of hydrogen-bond donors (Lipinski definition) is 1. The molecule has 4 nitrogen and oxygen atoms in total. The van der Waals surface area contributed by atoms with E-state index in [2.05, 4.69) is 40.6 Å². The summed E-state index contributed by atoms with van der Waals surface area (Å²) in [6.45, 7) is 7.30. The zero-order valence-electron chi connectivity index (χ0n) is 10.5. The summed E-state index contributed by atoms with van der Waals surface area (Å²) in [5, 5.41) is 4.51. The summed E-state index contributed by atoms with van der Waals surface area (Å²) in [5.41, 5.74) is 0. The Morgan fingerprint density at radius 3 is 2.88 bits per heavy atom. The van der Waals surface area contributed by atoms with Gasteiger partial charge < -0.3 is 9.88 Å². The highest BCUT2D eigenvalue weighted by Gasteiger charge is 2.12. The van der Waals surface area contributed by atoms with Crippen molar-refractivity contribution >= 4 is 17.3 Å². The van der Waals surface area contributed by atoms with Gasteiger partial charge in [-0.15, -0.1) is 11.3 Å². The van der Waals surface area contributed by atoms with Gasteiger partial charge in [0.25, 0.3) is 0 Å². The second-order valence-corrected chi connectivity index (χ2v) is 5.07. The molecule has 2 heterocycles. The van der Waals surface area contributed by atoms with Crippen LogP contribution in [0.5, 0.6) is 0 Å². The average Bonchev–Trinajstić information content (AvgIpc) is 2.96. The van der Waals surface area contributed by atoms with Gasteiger partial charge >= 0.3 is 0 Å². The van der Waals surface area contributed by atoms with Crippen molar-refractivity contribution in [3.63, 3.8) is 0 Å². The molecule has 1 unspecified atom stereocenters. The van der Waals surface area contributed by atoms with Crippen LogP contribution in [-0.2, 0) is 13.0 Å². The maximum atomic E-state index is 4.44. The highest BCUT2D eigenvalue weighted by Crippen LogP contribution is 2.23. The van der Waals surface area contributed by atoms with Gasteiger partial charge in [-0.25, -0.2) is 9.97 Å². The summed E-state index contributed by atoms with van der Waals surface area (Å²) in [6, 6.07) is 0.202. The first-order valence-corrected chi connectivity index (χ1v) is 6.78. The Kier molecular flexibility index (Phi) is 3.78. The summed E-state index contributed by atoms with van der Waals surface area (Å²) in [7, 11) is 0. The monoisotopic (exact) mass is 250 g/mol. The van der Waals surface area contributed by atoms with Gasteiger partial charge in [-0.3, -0.25) is 0 Å². The lowest BCUT2D eigenvalue weighted by atomic mass is 10.3. The van der Waals surface area contributed by atoms with E-state index < -0.39 is 0 Å². The molecule has 2 rings (SSSR count). The molecule has 1 atom stereocenters. The van der Waals surface area contributed by atoms with E-state index in [0.29, 0.717) is 0 Å². The van der Waals surface area contributed by atoms with Crippen LogP contribution in [0.2, 0.25) is 0 Å². The fraction of sp³-hybridized carbons (Fsp3) is 0.500. The summed E-state index contributed by atoms with van der Waals surface area (Å²) in [5.74, 6) is 0.910. The van der Waals surface area contributed by atoms with Gasteiger partial charge in [0.05, 0.1) is 6.04 Å². The van der Waals surface area contributed by atoms with Crippen LogP contribution in [0.25, 0.3) is 0 Å². The molecule has 0 saturated carbocycles. The van der Waals surface area contributed by atoms with Crippen molar-refractivity contribution < 1.29 is 0 Å². The predicted octanol–water partition coefficient (Wildman–Crippen LogP) is 3.10. The molecule has 5 heteroatoms. The van der Waals surface area contributed by atoms with E-state index in [1.54, 1.807) is 11.3 Å². The molecule has 0 aromatic carbocycles. The van der Waals surface area contributed by atoms with Crippen LogP contribution >= 0.6 is 11.3 Å². The summed E-state index contributed by atoms with van der Waals surface area (Å²) in [6.07, 6.45) is 6.81. The second-order valence-electron chi connectivity index (χ2n) is 3.92. The van der Waals surface area contributed by atoms with Crippen LogP contribution < -0.4 is 5.32 Å². The molecule has 0 spiro atoms. The van der Waals surface area contributed by atoms with E-state index in [9.17, 15) is 0 Å². The maximum absolute atomic E-state index is 4.44. The zero-order chi connectivity index (χ0) is 12.3.